The summed E-state index contributed by atoms with van der Waals surface area (Å²) in [6.07, 6.45) is 2.01. The van der Waals surface area contributed by atoms with Gasteiger partial charge in [-0.25, -0.2) is 0 Å². The van der Waals surface area contributed by atoms with Gasteiger partial charge in [0.05, 0.1) is 5.56 Å². The van der Waals surface area contributed by atoms with Crippen molar-refractivity contribution in [2.24, 2.45) is 7.05 Å². The highest BCUT2D eigenvalue weighted by Crippen LogP contribution is 2.30. The number of fused-ring (bicyclic) bond motifs is 1. The van der Waals surface area contributed by atoms with E-state index in [-0.39, 0.29) is 5.82 Å². The first kappa shape index (κ1) is 15.5. The van der Waals surface area contributed by atoms with Crippen molar-refractivity contribution in [3.63, 3.8) is 0 Å². The van der Waals surface area contributed by atoms with E-state index in [1.54, 1.807) is 6.07 Å². The molecule has 0 N–H and O–H groups in total. The summed E-state index contributed by atoms with van der Waals surface area (Å²) < 4.78 is 16.9. The Balaban J connectivity index is 1.93. The Bertz CT molecular complexity index is 1050. The van der Waals surface area contributed by atoms with E-state index in [1.165, 1.54) is 0 Å². The molecule has 1 aromatic heterocycles. The fourth-order valence-electron chi connectivity index (χ4n) is 3.47. The molecular formula is C23H19FN+. The Morgan fingerprint density at radius 1 is 0.800 bits per heavy atom. The van der Waals surface area contributed by atoms with E-state index < -0.39 is 0 Å². The molecule has 0 saturated carbocycles. The number of hydrogen-bond donors (Lipinski definition) is 0. The van der Waals surface area contributed by atoms with Gasteiger partial charge < -0.3 is 0 Å². The van der Waals surface area contributed by atoms with Crippen molar-refractivity contribution in [3.05, 3.63) is 90.4 Å². The van der Waals surface area contributed by atoms with Crippen LogP contribution in [0, 0.1) is 12.7 Å². The van der Waals surface area contributed by atoms with Crippen molar-refractivity contribution in [2.75, 3.05) is 0 Å². The van der Waals surface area contributed by atoms with Gasteiger partial charge in [-0.3, -0.25) is 0 Å². The van der Waals surface area contributed by atoms with Crippen LogP contribution >= 0.6 is 0 Å². The van der Waals surface area contributed by atoms with Crippen LogP contribution in [-0.4, -0.2) is 0 Å². The number of rotatable bonds is 2. The van der Waals surface area contributed by atoms with Gasteiger partial charge in [0.15, 0.2) is 12.0 Å². The van der Waals surface area contributed by atoms with E-state index in [1.807, 2.05) is 73.3 Å². The molecule has 0 atom stereocenters. The van der Waals surface area contributed by atoms with Crippen LogP contribution in [0.15, 0.2) is 79.0 Å². The quantitative estimate of drug-likeness (QED) is 0.431. The third-order valence-corrected chi connectivity index (χ3v) is 4.69. The maximum Gasteiger partial charge on any atom is 0.248 e. The first-order valence-electron chi connectivity index (χ1n) is 8.38. The second-order valence-electron chi connectivity index (χ2n) is 6.38. The van der Waals surface area contributed by atoms with Crippen molar-refractivity contribution in [3.8, 4) is 22.4 Å². The molecule has 0 aliphatic rings. The van der Waals surface area contributed by atoms with Crippen LogP contribution in [0.3, 0.4) is 0 Å². The molecule has 1 heterocycles. The molecular weight excluding hydrogens is 309 g/mol. The fourth-order valence-corrected chi connectivity index (χ4v) is 3.47. The monoisotopic (exact) mass is 328 g/mol. The van der Waals surface area contributed by atoms with Crippen LogP contribution < -0.4 is 4.57 Å². The number of pyridine rings is 1. The smallest absolute Gasteiger partial charge is 0.200 e. The number of aryl methyl sites for hydroxylation is 2. The standard InChI is InChI=1S/C23H19FN/c1-16-8-3-5-11-19(16)23-22(24)14-18(15-25(23)2)21-13-7-10-17-9-4-6-12-20(17)21/h3-15H,1-2H3/q+1. The zero-order valence-electron chi connectivity index (χ0n) is 14.3. The second kappa shape index (κ2) is 6.14. The van der Waals surface area contributed by atoms with Crippen molar-refractivity contribution in [1.29, 1.82) is 0 Å². The van der Waals surface area contributed by atoms with Gasteiger partial charge in [0.2, 0.25) is 5.69 Å². The summed E-state index contributed by atoms with van der Waals surface area (Å²) in [5.41, 5.74) is 4.53. The van der Waals surface area contributed by atoms with Crippen LogP contribution in [0.5, 0.6) is 0 Å². The molecule has 25 heavy (non-hydrogen) atoms. The van der Waals surface area contributed by atoms with E-state index in [4.69, 9.17) is 0 Å². The second-order valence-corrected chi connectivity index (χ2v) is 6.38. The molecule has 0 spiro atoms. The molecule has 0 aliphatic carbocycles. The van der Waals surface area contributed by atoms with E-state index in [9.17, 15) is 0 Å². The first-order chi connectivity index (χ1) is 12.1. The minimum Gasteiger partial charge on any atom is -0.200 e. The van der Waals surface area contributed by atoms with E-state index >= 15 is 4.39 Å². The number of benzene rings is 3. The lowest BCUT2D eigenvalue weighted by atomic mass is 9.98. The zero-order chi connectivity index (χ0) is 17.4. The average Bonchev–Trinajstić information content (AvgIpc) is 2.62. The Kier molecular flexibility index (Phi) is 3.81. The Hall–Kier alpha value is -3.00. The van der Waals surface area contributed by atoms with E-state index in [0.29, 0.717) is 5.69 Å². The molecule has 0 aliphatic heterocycles. The number of hydrogen-bond acceptors (Lipinski definition) is 0. The van der Waals surface area contributed by atoms with Gasteiger partial charge in [-0.15, -0.1) is 0 Å². The highest BCUT2D eigenvalue weighted by molar-refractivity contribution is 5.96. The predicted octanol–water partition coefficient (Wildman–Crippen LogP) is 5.45. The summed E-state index contributed by atoms with van der Waals surface area (Å²) in [4.78, 5) is 0. The maximum atomic E-state index is 15.0. The molecule has 4 aromatic rings. The van der Waals surface area contributed by atoms with Crippen LogP contribution in [-0.2, 0) is 7.05 Å². The van der Waals surface area contributed by atoms with Crippen molar-refractivity contribution < 1.29 is 8.96 Å². The van der Waals surface area contributed by atoms with Crippen LogP contribution in [0.4, 0.5) is 4.39 Å². The number of nitrogens with zero attached hydrogens (tertiary/aromatic N) is 1. The highest BCUT2D eigenvalue weighted by atomic mass is 19.1. The highest BCUT2D eigenvalue weighted by Gasteiger charge is 2.20. The molecule has 0 amide bonds. The van der Waals surface area contributed by atoms with Crippen molar-refractivity contribution in [1.82, 2.24) is 0 Å². The van der Waals surface area contributed by atoms with Crippen LogP contribution in [0.1, 0.15) is 5.56 Å². The molecule has 1 nitrogen and oxygen atoms in total. The molecule has 4 rings (SSSR count). The Morgan fingerprint density at radius 2 is 1.48 bits per heavy atom. The van der Waals surface area contributed by atoms with Crippen molar-refractivity contribution >= 4 is 10.8 Å². The molecule has 122 valence electrons. The van der Waals surface area contributed by atoms with Crippen LogP contribution in [0.25, 0.3) is 33.2 Å². The molecule has 3 aromatic carbocycles. The minimum absolute atomic E-state index is 0.206. The van der Waals surface area contributed by atoms with Gasteiger partial charge in [-0.2, -0.15) is 8.96 Å². The summed E-state index contributed by atoms with van der Waals surface area (Å²) >= 11 is 0. The van der Waals surface area contributed by atoms with E-state index in [0.717, 1.165) is 33.0 Å². The molecule has 0 radical (unpaired) electrons. The zero-order valence-corrected chi connectivity index (χ0v) is 14.3. The minimum atomic E-state index is -0.206. The fraction of sp³-hybridized carbons (Fsp3) is 0.0870. The third-order valence-electron chi connectivity index (χ3n) is 4.69. The van der Waals surface area contributed by atoms with Crippen LogP contribution in [0.2, 0.25) is 0 Å². The predicted molar refractivity (Wildman–Crippen MR) is 101 cm³/mol. The summed E-state index contributed by atoms with van der Waals surface area (Å²) in [6.45, 7) is 2.01. The number of halogens is 1. The lowest BCUT2D eigenvalue weighted by molar-refractivity contribution is -0.661. The molecule has 0 bridgehead atoms. The molecule has 2 heteroatoms. The van der Waals surface area contributed by atoms with Crippen molar-refractivity contribution in [2.45, 2.75) is 6.92 Å². The molecule has 0 saturated heterocycles. The Labute approximate surface area is 147 Å². The summed E-state index contributed by atoms with van der Waals surface area (Å²) in [5, 5.41) is 2.29. The first-order valence-corrected chi connectivity index (χ1v) is 8.38. The van der Waals surface area contributed by atoms with Gasteiger partial charge in [-0.05, 0) is 41.0 Å². The summed E-state index contributed by atoms with van der Waals surface area (Å²) in [5.74, 6) is -0.206. The lowest BCUT2D eigenvalue weighted by Crippen LogP contribution is -2.32. The lowest BCUT2D eigenvalue weighted by Gasteiger charge is -2.09. The number of aromatic nitrogens is 1. The summed E-state index contributed by atoms with van der Waals surface area (Å²) in [6, 6.07) is 23.9. The normalized spacial score (nSPS) is 11.0. The van der Waals surface area contributed by atoms with Gasteiger partial charge in [0, 0.05) is 5.56 Å². The SMILES string of the molecule is Cc1ccccc1-c1c(F)cc(-c2cccc3ccccc23)c[n+]1C. The van der Waals surface area contributed by atoms with Gasteiger partial charge in [-0.1, -0.05) is 60.7 Å². The molecule has 0 fully saturated rings. The summed E-state index contributed by atoms with van der Waals surface area (Å²) in [7, 11) is 1.90. The molecule has 0 unspecified atom stereocenters. The Morgan fingerprint density at radius 3 is 2.28 bits per heavy atom. The third kappa shape index (κ3) is 2.70. The van der Waals surface area contributed by atoms with Gasteiger partial charge >= 0.3 is 0 Å². The largest absolute Gasteiger partial charge is 0.248 e. The van der Waals surface area contributed by atoms with Gasteiger partial charge in [0.1, 0.15) is 7.05 Å². The topological polar surface area (TPSA) is 3.88 Å². The average molecular weight is 328 g/mol. The van der Waals surface area contributed by atoms with E-state index in [2.05, 4.69) is 18.2 Å². The maximum absolute atomic E-state index is 15.0. The van der Waals surface area contributed by atoms with Gasteiger partial charge in [0.25, 0.3) is 0 Å².